The third-order valence-corrected chi connectivity index (χ3v) is 4.62. The van der Waals surface area contributed by atoms with E-state index in [4.69, 9.17) is 4.74 Å². The number of imidazole rings is 1. The molecule has 2 N–H and O–H groups in total. The molecule has 1 aromatic heterocycles. The van der Waals surface area contributed by atoms with Gasteiger partial charge in [0.2, 0.25) is 5.91 Å². The first-order valence-electron chi connectivity index (χ1n) is 9.04. The van der Waals surface area contributed by atoms with Gasteiger partial charge in [0.25, 0.3) is 0 Å². The molecule has 0 aliphatic carbocycles. The van der Waals surface area contributed by atoms with Crippen molar-refractivity contribution >= 4 is 17.3 Å². The van der Waals surface area contributed by atoms with Gasteiger partial charge in [0.15, 0.2) is 0 Å². The van der Waals surface area contributed by atoms with Crippen molar-refractivity contribution in [2.24, 2.45) is 0 Å². The maximum Gasteiger partial charge on any atom is 0.250 e. The third-order valence-electron chi connectivity index (χ3n) is 4.62. The van der Waals surface area contributed by atoms with Gasteiger partial charge in [0, 0.05) is 24.1 Å². The number of amides is 1. The number of hydrogen-bond donors (Lipinski definition) is 2. The molecule has 0 unspecified atom stereocenters. The molecule has 2 heterocycles. The van der Waals surface area contributed by atoms with Crippen molar-refractivity contribution in [3.63, 3.8) is 0 Å². The molecule has 1 aliphatic heterocycles. The second kappa shape index (κ2) is 8.05. The van der Waals surface area contributed by atoms with Crippen LogP contribution in [0.15, 0.2) is 61.1 Å². The molecule has 6 heteroatoms. The van der Waals surface area contributed by atoms with E-state index in [1.54, 1.807) is 6.33 Å². The summed E-state index contributed by atoms with van der Waals surface area (Å²) in [5.74, 6) is -0.149. The highest BCUT2D eigenvalue weighted by atomic mass is 16.5. The van der Waals surface area contributed by atoms with E-state index in [1.165, 1.54) is 5.56 Å². The van der Waals surface area contributed by atoms with E-state index in [0.717, 1.165) is 42.1 Å². The van der Waals surface area contributed by atoms with Gasteiger partial charge in [-0.25, -0.2) is 4.98 Å². The number of H-pyrrole nitrogens is 1. The summed E-state index contributed by atoms with van der Waals surface area (Å²) < 4.78 is 5.50. The maximum atomic E-state index is 12.2. The van der Waals surface area contributed by atoms with Gasteiger partial charge in [-0.2, -0.15) is 0 Å². The first kappa shape index (κ1) is 17.3. The number of hydrogen-bond acceptors (Lipinski definition) is 4. The fraction of sp³-hybridized carbons (Fsp3) is 0.238. The monoisotopic (exact) mass is 362 g/mol. The highest BCUT2D eigenvalue weighted by Crippen LogP contribution is 2.31. The van der Waals surface area contributed by atoms with Crippen LogP contribution < -0.4 is 10.2 Å². The second-order valence-corrected chi connectivity index (χ2v) is 6.62. The Morgan fingerprint density at radius 3 is 2.93 bits per heavy atom. The summed E-state index contributed by atoms with van der Waals surface area (Å²) in [7, 11) is 0. The summed E-state index contributed by atoms with van der Waals surface area (Å²) in [5.41, 5.74) is 5.38. The molecule has 2 aromatic carbocycles. The minimum absolute atomic E-state index is 0.0316. The van der Waals surface area contributed by atoms with Crippen molar-refractivity contribution in [2.75, 3.05) is 23.4 Å². The van der Waals surface area contributed by atoms with Gasteiger partial charge in [-0.15, -0.1) is 0 Å². The lowest BCUT2D eigenvalue weighted by molar-refractivity contribution is -0.121. The van der Waals surface area contributed by atoms with E-state index in [2.05, 4.69) is 26.3 Å². The standard InChI is InChI=1S/C21H22N4O2/c26-21(14-27-13-16-4-2-1-3-5-16)24-18-7-6-17-8-9-25(20(17)10-18)12-19-11-22-15-23-19/h1-7,10-11,15H,8-9,12-14H2,(H,22,23)(H,24,26). The second-order valence-electron chi connectivity index (χ2n) is 6.62. The molecule has 0 saturated carbocycles. The summed E-state index contributed by atoms with van der Waals surface area (Å²) in [6.07, 6.45) is 4.55. The Bertz CT molecular complexity index is 894. The summed E-state index contributed by atoms with van der Waals surface area (Å²) >= 11 is 0. The number of anilines is 2. The Kier molecular flexibility index (Phi) is 5.16. The van der Waals surface area contributed by atoms with E-state index >= 15 is 0 Å². The average Bonchev–Trinajstić information content (AvgIpc) is 3.33. The molecule has 4 rings (SSSR count). The number of carbonyl (C=O) groups is 1. The predicted octanol–water partition coefficient (Wildman–Crippen LogP) is 3.13. The van der Waals surface area contributed by atoms with Crippen LogP contribution in [0.1, 0.15) is 16.8 Å². The van der Waals surface area contributed by atoms with Gasteiger partial charge in [-0.3, -0.25) is 4.79 Å². The number of aromatic nitrogens is 2. The third kappa shape index (κ3) is 4.35. The molecular weight excluding hydrogens is 340 g/mol. The lowest BCUT2D eigenvalue weighted by atomic mass is 10.1. The van der Waals surface area contributed by atoms with Crippen LogP contribution in [0, 0.1) is 0 Å². The normalized spacial score (nSPS) is 12.8. The van der Waals surface area contributed by atoms with Crippen molar-refractivity contribution in [2.45, 2.75) is 19.6 Å². The minimum Gasteiger partial charge on any atom is -0.367 e. The molecule has 0 bridgehead atoms. The molecule has 27 heavy (non-hydrogen) atoms. The Hall–Kier alpha value is -3.12. The zero-order valence-electron chi connectivity index (χ0n) is 15.0. The van der Waals surface area contributed by atoms with Crippen LogP contribution in [-0.2, 0) is 29.1 Å². The molecule has 0 spiro atoms. The van der Waals surface area contributed by atoms with Crippen molar-refractivity contribution in [3.05, 3.63) is 77.9 Å². The average molecular weight is 362 g/mol. The van der Waals surface area contributed by atoms with Crippen LogP contribution in [0.3, 0.4) is 0 Å². The highest BCUT2D eigenvalue weighted by Gasteiger charge is 2.20. The van der Waals surface area contributed by atoms with Gasteiger partial charge in [-0.05, 0) is 29.7 Å². The van der Waals surface area contributed by atoms with Crippen LogP contribution in [0.25, 0.3) is 0 Å². The van der Waals surface area contributed by atoms with E-state index in [0.29, 0.717) is 6.61 Å². The van der Waals surface area contributed by atoms with Crippen LogP contribution in [0.5, 0.6) is 0 Å². The maximum absolute atomic E-state index is 12.2. The fourth-order valence-corrected chi connectivity index (χ4v) is 3.30. The summed E-state index contributed by atoms with van der Waals surface area (Å²) in [4.78, 5) is 21.7. The molecule has 138 valence electrons. The van der Waals surface area contributed by atoms with Gasteiger partial charge in [0.1, 0.15) is 6.61 Å². The fourth-order valence-electron chi connectivity index (χ4n) is 3.30. The number of nitrogens with one attached hydrogen (secondary N) is 2. The summed E-state index contributed by atoms with van der Waals surface area (Å²) in [6, 6.07) is 15.9. The highest BCUT2D eigenvalue weighted by molar-refractivity contribution is 5.92. The number of nitrogens with zero attached hydrogens (tertiary/aromatic N) is 2. The van der Waals surface area contributed by atoms with E-state index in [-0.39, 0.29) is 12.5 Å². The number of ether oxygens (including phenoxy) is 1. The molecule has 0 saturated heterocycles. The van der Waals surface area contributed by atoms with Crippen molar-refractivity contribution < 1.29 is 9.53 Å². The largest absolute Gasteiger partial charge is 0.367 e. The molecule has 1 amide bonds. The zero-order chi connectivity index (χ0) is 18.5. The topological polar surface area (TPSA) is 70.2 Å². The first-order chi connectivity index (χ1) is 13.3. The lowest BCUT2D eigenvalue weighted by Gasteiger charge is -2.19. The minimum atomic E-state index is -0.149. The SMILES string of the molecule is O=C(COCc1ccccc1)Nc1ccc2c(c1)N(Cc1cnc[nH]1)CC2. The quantitative estimate of drug-likeness (QED) is 0.677. The summed E-state index contributed by atoms with van der Waals surface area (Å²) in [6.45, 7) is 2.21. The molecule has 1 aliphatic rings. The number of carbonyl (C=O) groups excluding carboxylic acids is 1. The molecule has 6 nitrogen and oxygen atoms in total. The summed E-state index contributed by atoms with van der Waals surface area (Å²) in [5, 5.41) is 2.93. The molecule has 0 radical (unpaired) electrons. The number of fused-ring (bicyclic) bond motifs is 1. The molecular formula is C21H22N4O2. The van der Waals surface area contributed by atoms with Gasteiger partial charge < -0.3 is 19.9 Å². The van der Waals surface area contributed by atoms with Crippen molar-refractivity contribution in [1.29, 1.82) is 0 Å². The number of rotatable bonds is 7. The Morgan fingerprint density at radius 2 is 2.11 bits per heavy atom. The van der Waals surface area contributed by atoms with Crippen LogP contribution in [0.2, 0.25) is 0 Å². The van der Waals surface area contributed by atoms with Gasteiger partial charge >= 0.3 is 0 Å². The zero-order valence-corrected chi connectivity index (χ0v) is 15.0. The Balaban J connectivity index is 1.33. The van der Waals surface area contributed by atoms with Crippen molar-refractivity contribution in [3.8, 4) is 0 Å². The Labute approximate surface area is 158 Å². The van der Waals surface area contributed by atoms with Crippen LogP contribution in [-0.4, -0.2) is 29.0 Å². The number of aromatic amines is 1. The van der Waals surface area contributed by atoms with Crippen LogP contribution >= 0.6 is 0 Å². The lowest BCUT2D eigenvalue weighted by Crippen LogP contribution is -2.21. The smallest absolute Gasteiger partial charge is 0.250 e. The van der Waals surface area contributed by atoms with E-state index in [9.17, 15) is 4.79 Å². The van der Waals surface area contributed by atoms with E-state index < -0.39 is 0 Å². The molecule has 0 atom stereocenters. The predicted molar refractivity (Wildman–Crippen MR) is 105 cm³/mol. The first-order valence-corrected chi connectivity index (χ1v) is 9.04. The molecule has 3 aromatic rings. The number of benzene rings is 2. The van der Waals surface area contributed by atoms with E-state index in [1.807, 2.05) is 48.7 Å². The van der Waals surface area contributed by atoms with Gasteiger partial charge in [-0.1, -0.05) is 36.4 Å². The Morgan fingerprint density at radius 1 is 1.22 bits per heavy atom. The van der Waals surface area contributed by atoms with Gasteiger partial charge in [0.05, 0.1) is 25.2 Å². The van der Waals surface area contributed by atoms with Crippen LogP contribution in [0.4, 0.5) is 11.4 Å². The molecule has 0 fully saturated rings. The van der Waals surface area contributed by atoms with Crippen molar-refractivity contribution in [1.82, 2.24) is 9.97 Å².